The van der Waals surface area contributed by atoms with E-state index in [9.17, 15) is 50.4 Å². The van der Waals surface area contributed by atoms with Crippen LogP contribution in [0.1, 0.15) is 71.6 Å². The number of fused-ring (bicyclic) bond motifs is 5. The van der Waals surface area contributed by atoms with E-state index in [1.54, 1.807) is 13.0 Å². The van der Waals surface area contributed by atoms with Crippen LogP contribution in [0.15, 0.2) is 11.6 Å². The average molecular weight is 713 g/mol. The molecule has 2 saturated heterocycles. The van der Waals surface area contributed by atoms with Gasteiger partial charge in [-0.1, -0.05) is 6.92 Å². The zero-order chi connectivity index (χ0) is 36.0. The van der Waals surface area contributed by atoms with Gasteiger partial charge in [0.25, 0.3) is 0 Å². The third-order valence-corrected chi connectivity index (χ3v) is 14.1. The lowest BCUT2D eigenvalue weighted by molar-refractivity contribution is -0.361. The van der Waals surface area contributed by atoms with E-state index in [4.69, 9.17) is 23.7 Å². The highest BCUT2D eigenvalue weighted by atomic mass is 16.7. The van der Waals surface area contributed by atoms with Gasteiger partial charge in [0, 0.05) is 17.9 Å². The molecule has 6 fully saturated rings. The van der Waals surface area contributed by atoms with Crippen molar-refractivity contribution in [3.8, 4) is 0 Å². The second kappa shape index (κ2) is 13.1. The second-order valence-electron chi connectivity index (χ2n) is 16.2. The summed E-state index contributed by atoms with van der Waals surface area (Å²) in [6, 6.07) is 0. The quantitative estimate of drug-likeness (QED) is 0.0858. The molecule has 0 radical (unpaired) electrons. The number of hydrogen-bond acceptors (Lipinski definition) is 15. The van der Waals surface area contributed by atoms with Crippen LogP contribution in [0.25, 0.3) is 0 Å². The first-order chi connectivity index (χ1) is 23.6. The minimum Gasteiger partial charge on any atom is -0.458 e. The molecule has 50 heavy (non-hydrogen) atoms. The second-order valence-corrected chi connectivity index (χ2v) is 16.2. The van der Waals surface area contributed by atoms with Crippen LogP contribution in [0.3, 0.4) is 0 Å². The van der Waals surface area contributed by atoms with Crippen LogP contribution in [0.5, 0.6) is 0 Å². The van der Waals surface area contributed by atoms with E-state index >= 15 is 0 Å². The summed E-state index contributed by atoms with van der Waals surface area (Å²) in [7, 11) is 0. The van der Waals surface area contributed by atoms with E-state index < -0.39 is 96.2 Å². The SMILES string of the molecule is C[C@@H]1O[C@H](O[C@H]2CC[C@]3(C=O)[C@@H]4CC[C@]5(C)[C@H](C6=CC(=O)OC6)CC[C@]5(O)[C@H]4CC[C@@]3(O)C2)[C@@H](O)[C@@H](O)[C@@H]1O[C@H]1O[C@@H](CO)[C@H](O)[C@@H](O)[C@@H]1O. The molecule has 3 heterocycles. The summed E-state index contributed by atoms with van der Waals surface area (Å²) in [5, 5.41) is 87.0. The number of aliphatic hydroxyl groups is 8. The van der Waals surface area contributed by atoms with Crippen molar-refractivity contribution in [3.63, 3.8) is 0 Å². The fraction of sp³-hybridized carbons (Fsp3) is 0.886. The molecule has 0 bridgehead atoms. The van der Waals surface area contributed by atoms with E-state index in [0.29, 0.717) is 38.5 Å². The number of aldehydes is 1. The summed E-state index contributed by atoms with van der Waals surface area (Å²) < 4.78 is 28.4. The molecule has 0 aromatic rings. The summed E-state index contributed by atoms with van der Waals surface area (Å²) >= 11 is 0. The van der Waals surface area contributed by atoms with Gasteiger partial charge in [-0.2, -0.15) is 0 Å². The third-order valence-electron chi connectivity index (χ3n) is 14.1. The number of carbonyl (C=O) groups is 2. The Balaban J connectivity index is 1.02. The number of carbonyl (C=O) groups excluding carboxylic acids is 2. The van der Waals surface area contributed by atoms with E-state index in [-0.39, 0.29) is 43.2 Å². The standard InChI is InChI=1S/C35H52O15/c1-16-29(50-31-27(42)25(40)24(39)22(13-36)49-31)26(41)28(43)30(47-16)48-18-3-8-33(15-37)20-4-7-32(2)19(17-11-23(38)46-14-17)6-10-35(32,45)21(20)5-9-34(33,44)12-18/h11,15-16,18-22,24-31,36,39-45H,3-10,12-14H2,1-2H3/t16-,18-,19-,20+,21-,22-,24-,25+,26+,27-,28-,29+,30+,31+,32+,33-,34+,35-/m0/s1. The summed E-state index contributed by atoms with van der Waals surface area (Å²) in [5.41, 5.74) is -3.20. The monoisotopic (exact) mass is 712 g/mol. The molecule has 3 aliphatic heterocycles. The molecule has 0 aromatic carbocycles. The Morgan fingerprint density at radius 2 is 1.56 bits per heavy atom. The van der Waals surface area contributed by atoms with Gasteiger partial charge in [-0.15, -0.1) is 0 Å². The predicted octanol–water partition coefficient (Wildman–Crippen LogP) is -1.43. The molecule has 8 N–H and O–H groups in total. The lowest BCUT2D eigenvalue weighted by Crippen LogP contribution is -2.69. The largest absolute Gasteiger partial charge is 0.458 e. The van der Waals surface area contributed by atoms with Gasteiger partial charge in [0.15, 0.2) is 12.6 Å². The average Bonchev–Trinajstić information content (AvgIpc) is 3.64. The van der Waals surface area contributed by atoms with Crippen LogP contribution in [-0.4, -0.2) is 145 Å². The first-order valence-corrected chi connectivity index (χ1v) is 18.0. The zero-order valence-electron chi connectivity index (χ0n) is 28.5. The van der Waals surface area contributed by atoms with Crippen LogP contribution in [0.4, 0.5) is 0 Å². The number of hydrogen-bond donors (Lipinski definition) is 8. The van der Waals surface area contributed by atoms with Crippen LogP contribution in [-0.2, 0) is 33.3 Å². The Kier molecular flexibility index (Phi) is 9.60. The Morgan fingerprint density at radius 1 is 0.860 bits per heavy atom. The first kappa shape index (κ1) is 36.7. The van der Waals surface area contributed by atoms with Crippen molar-refractivity contribution < 1.29 is 74.1 Å². The van der Waals surface area contributed by atoms with Gasteiger partial charge in [0.05, 0.1) is 35.4 Å². The van der Waals surface area contributed by atoms with Crippen LogP contribution >= 0.6 is 0 Å². The topological polar surface area (TPSA) is 242 Å². The zero-order valence-corrected chi connectivity index (χ0v) is 28.5. The molecular formula is C35H52O15. The molecule has 15 nitrogen and oxygen atoms in total. The highest BCUT2D eigenvalue weighted by molar-refractivity contribution is 5.85. The highest BCUT2D eigenvalue weighted by Crippen LogP contribution is 2.70. The Morgan fingerprint density at radius 3 is 2.24 bits per heavy atom. The minimum atomic E-state index is -1.71. The molecule has 0 amide bonds. The van der Waals surface area contributed by atoms with Crippen molar-refractivity contribution >= 4 is 12.3 Å². The van der Waals surface area contributed by atoms with Crippen LogP contribution < -0.4 is 0 Å². The Labute approximate surface area is 290 Å². The molecule has 7 rings (SSSR count). The summed E-state index contributed by atoms with van der Waals surface area (Å²) in [4.78, 5) is 25.1. The molecule has 15 heteroatoms. The van der Waals surface area contributed by atoms with E-state index in [1.807, 2.05) is 0 Å². The summed E-state index contributed by atoms with van der Waals surface area (Å²) in [5.74, 6) is -0.830. The fourth-order valence-electron chi connectivity index (χ4n) is 11.3. The van der Waals surface area contributed by atoms with Gasteiger partial charge in [0.2, 0.25) is 0 Å². The maximum atomic E-state index is 13.2. The lowest BCUT2D eigenvalue weighted by Gasteiger charge is -2.65. The smallest absolute Gasteiger partial charge is 0.331 e. The van der Waals surface area contributed by atoms with Crippen molar-refractivity contribution in [1.82, 2.24) is 0 Å². The minimum absolute atomic E-state index is 0.00102. The predicted molar refractivity (Wildman–Crippen MR) is 167 cm³/mol. The van der Waals surface area contributed by atoms with Crippen molar-refractivity contribution in [1.29, 1.82) is 0 Å². The van der Waals surface area contributed by atoms with Crippen molar-refractivity contribution in [2.45, 2.75) is 150 Å². The molecule has 7 aliphatic rings. The molecule has 0 spiro atoms. The van der Waals surface area contributed by atoms with Gasteiger partial charge >= 0.3 is 5.97 Å². The summed E-state index contributed by atoms with van der Waals surface area (Å²) in [6.07, 6.45) is -8.63. The molecule has 282 valence electrons. The number of esters is 1. The van der Waals surface area contributed by atoms with Gasteiger partial charge in [-0.25, -0.2) is 4.79 Å². The van der Waals surface area contributed by atoms with Crippen molar-refractivity contribution in [3.05, 3.63) is 11.6 Å². The van der Waals surface area contributed by atoms with Crippen LogP contribution in [0.2, 0.25) is 0 Å². The fourth-order valence-corrected chi connectivity index (χ4v) is 11.3. The van der Waals surface area contributed by atoms with Gasteiger partial charge < -0.3 is 69.3 Å². The molecule has 0 unspecified atom stereocenters. The Bertz CT molecular complexity index is 1340. The van der Waals surface area contributed by atoms with Crippen molar-refractivity contribution in [2.75, 3.05) is 13.2 Å². The maximum absolute atomic E-state index is 13.2. The van der Waals surface area contributed by atoms with Gasteiger partial charge in [-0.05, 0) is 81.6 Å². The van der Waals surface area contributed by atoms with E-state index in [1.165, 1.54) is 0 Å². The molecule has 0 aromatic heterocycles. The summed E-state index contributed by atoms with van der Waals surface area (Å²) in [6.45, 7) is 3.22. The normalized spacial score (nSPS) is 55.0. The number of rotatable bonds is 7. The van der Waals surface area contributed by atoms with Gasteiger partial charge in [-0.3, -0.25) is 0 Å². The molecular weight excluding hydrogens is 660 g/mol. The molecule has 4 aliphatic carbocycles. The highest BCUT2D eigenvalue weighted by Gasteiger charge is 2.71. The van der Waals surface area contributed by atoms with Crippen LogP contribution in [0, 0.1) is 28.6 Å². The third kappa shape index (κ3) is 5.37. The number of aliphatic hydroxyl groups excluding tert-OH is 6. The van der Waals surface area contributed by atoms with Crippen molar-refractivity contribution in [2.24, 2.45) is 28.6 Å². The van der Waals surface area contributed by atoms with E-state index in [2.05, 4.69) is 6.92 Å². The number of ether oxygens (including phenoxy) is 5. The van der Waals surface area contributed by atoms with Gasteiger partial charge in [0.1, 0.15) is 55.6 Å². The Hall–Kier alpha value is -1.60. The molecule has 4 saturated carbocycles. The first-order valence-electron chi connectivity index (χ1n) is 18.0. The molecule has 18 atom stereocenters. The number of cyclic esters (lactones) is 1. The maximum Gasteiger partial charge on any atom is 0.331 e. The lowest BCUT2D eigenvalue weighted by atomic mass is 9.41. The van der Waals surface area contributed by atoms with E-state index in [0.717, 1.165) is 18.3 Å².